The lowest BCUT2D eigenvalue weighted by molar-refractivity contribution is -0.131. The summed E-state index contributed by atoms with van der Waals surface area (Å²) < 4.78 is 14.9. The van der Waals surface area contributed by atoms with Crippen molar-refractivity contribution >= 4 is 57.3 Å². The Labute approximate surface area is 200 Å². The number of carboxylic acids is 1. The summed E-state index contributed by atoms with van der Waals surface area (Å²) in [6, 6.07) is 16.1. The molecular formula is C26H19Cl2FN2O2. The molecular weight excluding hydrogens is 462 g/mol. The van der Waals surface area contributed by atoms with Crippen LogP contribution >= 0.6 is 23.2 Å². The summed E-state index contributed by atoms with van der Waals surface area (Å²) in [6.45, 7) is 2.01. The number of benzene rings is 3. The number of aliphatic carboxylic acids is 1. The van der Waals surface area contributed by atoms with E-state index in [2.05, 4.69) is 10.2 Å². The summed E-state index contributed by atoms with van der Waals surface area (Å²) in [7, 11) is 0. The standard InChI is InChI=1S/C26H19Cl2FN2O2/c1-2-20(21-9-8-19(27)13-22(21)28)25(16-6-3-15(4-7-16)5-10-24(32)33)17-11-18-14-30-31-26(18)23(29)12-17/h3-14H,2H2,1H3,(H,30,31)(H,32,33)/b10-5+,25-20+. The lowest BCUT2D eigenvalue weighted by Gasteiger charge is -2.18. The maximum atomic E-state index is 14.9. The van der Waals surface area contributed by atoms with Crippen LogP contribution in [0.5, 0.6) is 0 Å². The van der Waals surface area contributed by atoms with Gasteiger partial charge < -0.3 is 5.11 Å². The average Bonchev–Trinajstić information content (AvgIpc) is 3.26. The molecule has 2 N–H and O–H groups in total. The highest BCUT2D eigenvalue weighted by Gasteiger charge is 2.18. The number of halogens is 3. The van der Waals surface area contributed by atoms with Gasteiger partial charge in [-0.2, -0.15) is 5.10 Å². The van der Waals surface area contributed by atoms with E-state index in [-0.39, 0.29) is 0 Å². The molecule has 0 amide bonds. The average molecular weight is 481 g/mol. The summed E-state index contributed by atoms with van der Waals surface area (Å²) in [5.41, 5.74) is 5.14. The minimum Gasteiger partial charge on any atom is -0.478 e. The zero-order chi connectivity index (χ0) is 23.5. The fourth-order valence-electron chi connectivity index (χ4n) is 3.84. The monoisotopic (exact) mass is 480 g/mol. The largest absolute Gasteiger partial charge is 0.478 e. The highest BCUT2D eigenvalue weighted by atomic mass is 35.5. The van der Waals surface area contributed by atoms with Gasteiger partial charge in [-0.25, -0.2) is 9.18 Å². The topological polar surface area (TPSA) is 66.0 Å². The van der Waals surface area contributed by atoms with Gasteiger partial charge >= 0.3 is 5.97 Å². The number of carbonyl (C=O) groups is 1. The van der Waals surface area contributed by atoms with Crippen LogP contribution in [-0.4, -0.2) is 21.3 Å². The van der Waals surface area contributed by atoms with Crippen LogP contribution in [0, 0.1) is 5.82 Å². The van der Waals surface area contributed by atoms with E-state index in [1.807, 2.05) is 43.3 Å². The first-order chi connectivity index (χ1) is 15.9. The Morgan fingerprint density at radius 3 is 2.52 bits per heavy atom. The first-order valence-corrected chi connectivity index (χ1v) is 11.0. The molecule has 0 unspecified atom stereocenters. The third-order valence-electron chi connectivity index (χ3n) is 5.32. The fourth-order valence-corrected chi connectivity index (χ4v) is 4.36. The Morgan fingerprint density at radius 2 is 1.85 bits per heavy atom. The summed E-state index contributed by atoms with van der Waals surface area (Å²) in [6.07, 6.45) is 4.81. The SMILES string of the molecule is CC/C(=C(/c1ccc(/C=C/C(=O)O)cc1)c1cc(F)c2[nH]ncc2c1)c1ccc(Cl)cc1Cl. The van der Waals surface area contributed by atoms with Crippen molar-refractivity contribution < 1.29 is 14.3 Å². The predicted octanol–water partition coefficient (Wildman–Crippen LogP) is 7.48. The van der Waals surface area contributed by atoms with Crippen LogP contribution in [0.2, 0.25) is 10.0 Å². The molecule has 4 aromatic rings. The molecule has 0 aliphatic carbocycles. The van der Waals surface area contributed by atoms with E-state index in [9.17, 15) is 9.18 Å². The molecule has 0 bridgehead atoms. The number of aromatic nitrogens is 2. The summed E-state index contributed by atoms with van der Waals surface area (Å²) in [4.78, 5) is 10.8. The predicted molar refractivity (Wildman–Crippen MR) is 132 cm³/mol. The van der Waals surface area contributed by atoms with Crippen LogP contribution in [0.1, 0.15) is 35.6 Å². The molecule has 1 heterocycles. The van der Waals surface area contributed by atoms with E-state index in [0.717, 1.165) is 33.9 Å². The third-order valence-corrected chi connectivity index (χ3v) is 5.87. The number of H-pyrrole nitrogens is 1. The van der Waals surface area contributed by atoms with Gasteiger partial charge in [-0.1, -0.05) is 60.5 Å². The van der Waals surface area contributed by atoms with E-state index in [1.165, 1.54) is 12.1 Å². The smallest absolute Gasteiger partial charge is 0.328 e. The zero-order valence-electron chi connectivity index (χ0n) is 17.6. The van der Waals surface area contributed by atoms with Crippen LogP contribution in [0.4, 0.5) is 4.39 Å². The van der Waals surface area contributed by atoms with Crippen LogP contribution in [-0.2, 0) is 4.79 Å². The molecule has 33 heavy (non-hydrogen) atoms. The highest BCUT2D eigenvalue weighted by molar-refractivity contribution is 6.36. The molecule has 7 heteroatoms. The number of carboxylic acid groups (broad SMARTS) is 1. The first kappa shape index (κ1) is 22.8. The molecule has 4 nitrogen and oxygen atoms in total. The number of rotatable bonds is 6. The number of hydrogen-bond acceptors (Lipinski definition) is 2. The van der Waals surface area contributed by atoms with Crippen molar-refractivity contribution in [3.8, 4) is 0 Å². The number of fused-ring (bicyclic) bond motifs is 1. The molecule has 4 rings (SSSR count). The van der Waals surface area contributed by atoms with Crippen molar-refractivity contribution in [2.24, 2.45) is 0 Å². The molecule has 0 aliphatic rings. The number of nitrogens with one attached hydrogen (secondary N) is 1. The molecule has 3 aromatic carbocycles. The van der Waals surface area contributed by atoms with Crippen molar-refractivity contribution in [3.63, 3.8) is 0 Å². The number of hydrogen-bond donors (Lipinski definition) is 2. The normalized spacial score (nSPS) is 12.4. The van der Waals surface area contributed by atoms with E-state index in [4.69, 9.17) is 28.3 Å². The Hall–Kier alpha value is -3.41. The van der Waals surface area contributed by atoms with Crippen LogP contribution in [0.25, 0.3) is 28.1 Å². The Morgan fingerprint density at radius 1 is 1.09 bits per heavy atom. The molecule has 0 spiro atoms. The van der Waals surface area contributed by atoms with Crippen molar-refractivity contribution in [3.05, 3.63) is 105 Å². The minimum atomic E-state index is -1.02. The molecule has 0 radical (unpaired) electrons. The van der Waals surface area contributed by atoms with Gasteiger partial charge in [0.25, 0.3) is 0 Å². The van der Waals surface area contributed by atoms with E-state index in [1.54, 1.807) is 18.3 Å². The van der Waals surface area contributed by atoms with Gasteiger partial charge in [-0.15, -0.1) is 0 Å². The maximum Gasteiger partial charge on any atom is 0.328 e. The molecule has 0 aliphatic heterocycles. The summed E-state index contributed by atoms with van der Waals surface area (Å²) in [5.74, 6) is -1.43. The number of aromatic amines is 1. The van der Waals surface area contributed by atoms with Gasteiger partial charge in [0.15, 0.2) is 0 Å². The quantitative estimate of drug-likeness (QED) is 0.222. The highest BCUT2D eigenvalue weighted by Crippen LogP contribution is 2.39. The Bertz CT molecular complexity index is 1410. The number of nitrogens with zero attached hydrogens (tertiary/aromatic N) is 1. The van der Waals surface area contributed by atoms with Crippen molar-refractivity contribution in [1.82, 2.24) is 10.2 Å². The molecule has 0 fully saturated rings. The van der Waals surface area contributed by atoms with Crippen molar-refractivity contribution in [2.45, 2.75) is 13.3 Å². The summed E-state index contributed by atoms with van der Waals surface area (Å²) in [5, 5.41) is 17.2. The van der Waals surface area contributed by atoms with E-state index < -0.39 is 11.8 Å². The van der Waals surface area contributed by atoms with Gasteiger partial charge in [0.2, 0.25) is 0 Å². The van der Waals surface area contributed by atoms with Gasteiger partial charge in [-0.05, 0) is 70.2 Å². The molecule has 166 valence electrons. The molecule has 0 saturated carbocycles. The Kier molecular flexibility index (Phi) is 6.63. The zero-order valence-corrected chi connectivity index (χ0v) is 19.1. The third kappa shape index (κ3) is 4.85. The van der Waals surface area contributed by atoms with Gasteiger partial charge in [-0.3, -0.25) is 5.10 Å². The Balaban J connectivity index is 1.97. The fraction of sp³-hybridized carbons (Fsp3) is 0.0769. The maximum absolute atomic E-state index is 14.9. The van der Waals surface area contributed by atoms with Crippen LogP contribution in [0.3, 0.4) is 0 Å². The van der Waals surface area contributed by atoms with Gasteiger partial charge in [0, 0.05) is 21.5 Å². The van der Waals surface area contributed by atoms with Gasteiger partial charge in [0.1, 0.15) is 11.3 Å². The lowest BCUT2D eigenvalue weighted by Crippen LogP contribution is -1.97. The van der Waals surface area contributed by atoms with E-state index in [0.29, 0.717) is 32.9 Å². The number of allylic oxidation sites excluding steroid dienone is 1. The van der Waals surface area contributed by atoms with Crippen LogP contribution < -0.4 is 0 Å². The van der Waals surface area contributed by atoms with Crippen molar-refractivity contribution in [1.29, 1.82) is 0 Å². The second-order valence-corrected chi connectivity index (χ2v) is 8.26. The minimum absolute atomic E-state index is 0.342. The molecule has 0 saturated heterocycles. The van der Waals surface area contributed by atoms with E-state index >= 15 is 0 Å². The molecule has 1 aromatic heterocycles. The summed E-state index contributed by atoms with van der Waals surface area (Å²) >= 11 is 12.7. The second-order valence-electron chi connectivity index (χ2n) is 7.42. The van der Waals surface area contributed by atoms with Crippen molar-refractivity contribution in [2.75, 3.05) is 0 Å². The molecule has 0 atom stereocenters. The van der Waals surface area contributed by atoms with Gasteiger partial charge in [0.05, 0.1) is 6.20 Å². The second kappa shape index (κ2) is 9.61. The lowest BCUT2D eigenvalue weighted by atomic mass is 9.87. The van der Waals surface area contributed by atoms with Crippen LogP contribution in [0.15, 0.2) is 66.9 Å². The first-order valence-electron chi connectivity index (χ1n) is 10.2.